The molecule has 1 aromatic rings. The summed E-state index contributed by atoms with van der Waals surface area (Å²) >= 11 is 0. The predicted octanol–water partition coefficient (Wildman–Crippen LogP) is 3.87. The highest BCUT2D eigenvalue weighted by Gasteiger charge is 2.11. The van der Waals surface area contributed by atoms with Gasteiger partial charge in [-0.15, -0.1) is 0 Å². The van der Waals surface area contributed by atoms with Crippen molar-refractivity contribution in [1.82, 2.24) is 5.32 Å². The number of carboxylic acid groups (broad SMARTS) is 1. The molecule has 5 heteroatoms. The molecule has 0 radical (unpaired) electrons. The average molecular weight is 292 g/mol. The molecule has 116 valence electrons. The lowest BCUT2D eigenvalue weighted by atomic mass is 10.1. The van der Waals surface area contributed by atoms with Crippen LogP contribution in [0.5, 0.6) is 0 Å². The molecule has 0 aliphatic heterocycles. The summed E-state index contributed by atoms with van der Waals surface area (Å²) in [5.74, 6) is -1.01. The van der Waals surface area contributed by atoms with Crippen LogP contribution >= 0.6 is 0 Å². The van der Waals surface area contributed by atoms with Crippen LogP contribution in [-0.2, 0) is 0 Å². The van der Waals surface area contributed by atoms with Gasteiger partial charge in [0.15, 0.2) is 0 Å². The second-order valence-corrected chi connectivity index (χ2v) is 5.11. The van der Waals surface area contributed by atoms with Crippen LogP contribution in [0.2, 0.25) is 0 Å². The maximum absolute atomic E-state index is 12.0. The fourth-order valence-electron chi connectivity index (χ4n) is 2.17. The number of anilines is 1. The van der Waals surface area contributed by atoms with Gasteiger partial charge in [-0.05, 0) is 31.0 Å². The van der Waals surface area contributed by atoms with Crippen LogP contribution in [0.4, 0.5) is 10.5 Å². The number of rotatable bonds is 8. The molecule has 0 bridgehead atoms. The molecule has 0 heterocycles. The smallest absolute Gasteiger partial charge is 0.335 e. The molecule has 1 aromatic carbocycles. The van der Waals surface area contributed by atoms with Crippen molar-refractivity contribution in [2.75, 3.05) is 5.32 Å². The Morgan fingerprint density at radius 1 is 1.19 bits per heavy atom. The molecular formula is C16H24N2O3. The summed E-state index contributed by atoms with van der Waals surface area (Å²) in [4.78, 5) is 22.9. The molecule has 0 aliphatic rings. The van der Waals surface area contributed by atoms with E-state index in [1.807, 2.05) is 0 Å². The van der Waals surface area contributed by atoms with E-state index in [1.54, 1.807) is 12.1 Å². The van der Waals surface area contributed by atoms with Gasteiger partial charge in [-0.25, -0.2) is 9.59 Å². The normalized spacial score (nSPS) is 11.7. The highest BCUT2D eigenvalue weighted by molar-refractivity contribution is 5.93. The van der Waals surface area contributed by atoms with E-state index in [-0.39, 0.29) is 17.6 Å². The van der Waals surface area contributed by atoms with Crippen molar-refractivity contribution in [1.29, 1.82) is 0 Å². The molecule has 21 heavy (non-hydrogen) atoms. The summed E-state index contributed by atoms with van der Waals surface area (Å²) < 4.78 is 0. The molecule has 5 nitrogen and oxygen atoms in total. The second-order valence-electron chi connectivity index (χ2n) is 5.11. The molecule has 0 saturated carbocycles. The number of benzene rings is 1. The Morgan fingerprint density at radius 2 is 1.95 bits per heavy atom. The van der Waals surface area contributed by atoms with Gasteiger partial charge < -0.3 is 15.7 Å². The largest absolute Gasteiger partial charge is 0.478 e. The first-order chi connectivity index (χ1) is 10.1. The molecule has 2 amide bonds. The van der Waals surface area contributed by atoms with E-state index in [4.69, 9.17) is 5.11 Å². The molecule has 0 aromatic heterocycles. The van der Waals surface area contributed by atoms with Gasteiger partial charge in [-0.2, -0.15) is 0 Å². The lowest BCUT2D eigenvalue weighted by Crippen LogP contribution is -2.37. The van der Waals surface area contributed by atoms with E-state index in [0.717, 1.165) is 32.1 Å². The van der Waals surface area contributed by atoms with Crippen LogP contribution in [0.3, 0.4) is 0 Å². The zero-order valence-electron chi connectivity index (χ0n) is 12.7. The molecule has 1 atom stereocenters. The third-order valence-corrected chi connectivity index (χ3v) is 3.25. The predicted molar refractivity (Wildman–Crippen MR) is 83.8 cm³/mol. The first-order valence-electron chi connectivity index (χ1n) is 7.47. The number of urea groups is 1. The molecule has 1 unspecified atom stereocenters. The summed E-state index contributed by atoms with van der Waals surface area (Å²) in [6.45, 7) is 4.22. The van der Waals surface area contributed by atoms with Crippen molar-refractivity contribution in [3.05, 3.63) is 29.8 Å². The van der Waals surface area contributed by atoms with Gasteiger partial charge in [0, 0.05) is 11.7 Å². The molecule has 0 fully saturated rings. The van der Waals surface area contributed by atoms with Gasteiger partial charge in [0.25, 0.3) is 0 Å². The molecule has 0 saturated heterocycles. The Balaban J connectivity index is 2.58. The first-order valence-corrected chi connectivity index (χ1v) is 7.47. The Labute approximate surface area is 125 Å². The SMILES string of the molecule is CCCCC(CCC)NC(=O)Nc1cccc(C(=O)O)c1. The number of amides is 2. The third-order valence-electron chi connectivity index (χ3n) is 3.25. The zero-order chi connectivity index (χ0) is 15.7. The van der Waals surface area contributed by atoms with E-state index < -0.39 is 5.97 Å². The standard InChI is InChI=1S/C16H24N2O3/c1-3-5-9-13(7-4-2)17-16(21)18-14-10-6-8-12(11-14)15(19)20/h6,8,10-11,13H,3-5,7,9H2,1-2H3,(H,19,20)(H2,17,18,21). The van der Waals surface area contributed by atoms with Crippen molar-refractivity contribution in [3.63, 3.8) is 0 Å². The van der Waals surface area contributed by atoms with Crippen LogP contribution in [0.25, 0.3) is 0 Å². The van der Waals surface area contributed by atoms with Crippen molar-refractivity contribution in [2.24, 2.45) is 0 Å². The molecule has 3 N–H and O–H groups in total. The Kier molecular flexibility index (Phi) is 7.29. The summed E-state index contributed by atoms with van der Waals surface area (Å²) in [5, 5.41) is 14.6. The minimum absolute atomic E-state index is 0.156. The van der Waals surface area contributed by atoms with E-state index in [2.05, 4.69) is 24.5 Å². The van der Waals surface area contributed by atoms with Crippen molar-refractivity contribution < 1.29 is 14.7 Å². The lowest BCUT2D eigenvalue weighted by molar-refractivity contribution is 0.0697. The summed E-state index contributed by atoms with van der Waals surface area (Å²) in [6.07, 6.45) is 5.11. The number of unbranched alkanes of at least 4 members (excludes halogenated alkanes) is 1. The lowest BCUT2D eigenvalue weighted by Gasteiger charge is -2.18. The van der Waals surface area contributed by atoms with Crippen molar-refractivity contribution in [2.45, 2.75) is 52.0 Å². The van der Waals surface area contributed by atoms with E-state index in [0.29, 0.717) is 5.69 Å². The molecule has 0 aliphatic carbocycles. The van der Waals surface area contributed by atoms with Gasteiger partial charge in [-0.1, -0.05) is 39.2 Å². The van der Waals surface area contributed by atoms with E-state index in [9.17, 15) is 9.59 Å². The Bertz CT molecular complexity index is 474. The Morgan fingerprint density at radius 3 is 2.57 bits per heavy atom. The van der Waals surface area contributed by atoms with Crippen LogP contribution < -0.4 is 10.6 Å². The average Bonchev–Trinajstić information content (AvgIpc) is 2.45. The fourth-order valence-corrected chi connectivity index (χ4v) is 2.17. The number of hydrogen-bond donors (Lipinski definition) is 3. The van der Waals surface area contributed by atoms with Gasteiger partial charge >= 0.3 is 12.0 Å². The monoisotopic (exact) mass is 292 g/mol. The number of carboxylic acids is 1. The van der Waals surface area contributed by atoms with E-state index >= 15 is 0 Å². The molecular weight excluding hydrogens is 268 g/mol. The Hall–Kier alpha value is -2.04. The third kappa shape index (κ3) is 6.29. The zero-order valence-corrected chi connectivity index (χ0v) is 12.7. The fraction of sp³-hybridized carbons (Fsp3) is 0.500. The van der Waals surface area contributed by atoms with Crippen LogP contribution in [-0.4, -0.2) is 23.1 Å². The number of aromatic carboxylic acids is 1. The number of hydrogen-bond acceptors (Lipinski definition) is 2. The highest BCUT2D eigenvalue weighted by Crippen LogP contribution is 2.11. The highest BCUT2D eigenvalue weighted by atomic mass is 16.4. The van der Waals surface area contributed by atoms with Crippen molar-refractivity contribution in [3.8, 4) is 0 Å². The maximum atomic E-state index is 12.0. The molecule has 1 rings (SSSR count). The van der Waals surface area contributed by atoms with Crippen molar-refractivity contribution >= 4 is 17.7 Å². The van der Waals surface area contributed by atoms with Gasteiger partial charge in [0.1, 0.15) is 0 Å². The first kappa shape index (κ1) is 17.0. The molecule has 0 spiro atoms. The quantitative estimate of drug-likeness (QED) is 0.680. The van der Waals surface area contributed by atoms with Crippen LogP contribution in [0, 0.1) is 0 Å². The van der Waals surface area contributed by atoms with Gasteiger partial charge in [0.2, 0.25) is 0 Å². The van der Waals surface area contributed by atoms with Gasteiger partial charge in [0.05, 0.1) is 5.56 Å². The van der Waals surface area contributed by atoms with E-state index in [1.165, 1.54) is 12.1 Å². The number of carbonyl (C=O) groups is 2. The summed E-state index contributed by atoms with van der Waals surface area (Å²) in [5.41, 5.74) is 0.641. The topological polar surface area (TPSA) is 78.4 Å². The van der Waals surface area contributed by atoms with Gasteiger partial charge in [-0.3, -0.25) is 0 Å². The number of carbonyl (C=O) groups excluding carboxylic acids is 1. The minimum atomic E-state index is -1.01. The van der Waals surface area contributed by atoms with Crippen LogP contribution in [0.1, 0.15) is 56.3 Å². The second kappa shape index (κ2) is 9.00. The van der Waals surface area contributed by atoms with Crippen LogP contribution in [0.15, 0.2) is 24.3 Å². The summed E-state index contributed by atoms with van der Waals surface area (Å²) in [6, 6.07) is 6.10. The maximum Gasteiger partial charge on any atom is 0.335 e. The summed E-state index contributed by atoms with van der Waals surface area (Å²) in [7, 11) is 0. The number of nitrogens with one attached hydrogen (secondary N) is 2. The minimum Gasteiger partial charge on any atom is -0.478 e.